The van der Waals surface area contributed by atoms with E-state index in [-0.39, 0.29) is 5.41 Å². The number of carboxylic acid groups (broad SMARTS) is 1. The summed E-state index contributed by atoms with van der Waals surface area (Å²) in [6, 6.07) is -1.83. The van der Waals surface area contributed by atoms with Crippen LogP contribution < -0.4 is 10.6 Å². The summed E-state index contributed by atoms with van der Waals surface area (Å²) in [6.07, 6.45) is 1.03. The zero-order valence-corrected chi connectivity index (χ0v) is 9.49. The molecule has 1 fully saturated rings. The Hall–Kier alpha value is -1.30. The molecule has 92 valence electrons. The SMILES string of the molecule is C[C@@H](O)[C@H](NC(=O)NCC1(C)CC1)C(=O)O. The zero-order chi connectivity index (χ0) is 12.3. The van der Waals surface area contributed by atoms with Gasteiger partial charge in [0.15, 0.2) is 6.04 Å². The third-order valence-corrected chi connectivity index (χ3v) is 2.81. The number of amides is 2. The van der Waals surface area contributed by atoms with E-state index in [0.717, 1.165) is 12.8 Å². The van der Waals surface area contributed by atoms with Gasteiger partial charge in [-0.25, -0.2) is 9.59 Å². The molecule has 0 saturated heterocycles. The summed E-state index contributed by atoms with van der Waals surface area (Å²) in [5, 5.41) is 22.7. The van der Waals surface area contributed by atoms with Crippen LogP contribution in [0.25, 0.3) is 0 Å². The average molecular weight is 230 g/mol. The number of aliphatic carboxylic acids is 1. The highest BCUT2D eigenvalue weighted by molar-refractivity contribution is 5.82. The molecule has 0 radical (unpaired) electrons. The lowest BCUT2D eigenvalue weighted by molar-refractivity contribution is -0.141. The largest absolute Gasteiger partial charge is 0.480 e. The van der Waals surface area contributed by atoms with Crippen LogP contribution in [0, 0.1) is 5.41 Å². The zero-order valence-electron chi connectivity index (χ0n) is 9.49. The molecule has 0 bridgehead atoms. The summed E-state index contributed by atoms with van der Waals surface area (Å²) < 4.78 is 0. The molecule has 16 heavy (non-hydrogen) atoms. The number of aliphatic hydroxyl groups excluding tert-OH is 1. The number of carboxylic acids is 1. The molecule has 0 spiro atoms. The molecule has 1 aliphatic rings. The lowest BCUT2D eigenvalue weighted by atomic mass is 10.1. The summed E-state index contributed by atoms with van der Waals surface area (Å²) in [5.41, 5.74) is 0.168. The predicted molar refractivity (Wildman–Crippen MR) is 57.0 cm³/mol. The van der Waals surface area contributed by atoms with Crippen LogP contribution in [-0.2, 0) is 4.79 Å². The molecule has 0 aromatic carbocycles. The number of nitrogens with one attached hydrogen (secondary N) is 2. The van der Waals surface area contributed by atoms with E-state index in [1.165, 1.54) is 6.92 Å². The second kappa shape index (κ2) is 4.69. The Kier molecular flexibility index (Phi) is 3.74. The van der Waals surface area contributed by atoms with Gasteiger partial charge in [0.1, 0.15) is 0 Å². The molecule has 1 aliphatic carbocycles. The second-order valence-corrected chi connectivity index (χ2v) is 4.69. The van der Waals surface area contributed by atoms with Crippen molar-refractivity contribution in [1.82, 2.24) is 10.6 Å². The van der Waals surface area contributed by atoms with Gasteiger partial charge < -0.3 is 20.8 Å². The fourth-order valence-corrected chi connectivity index (χ4v) is 1.26. The van der Waals surface area contributed by atoms with Crippen molar-refractivity contribution in [1.29, 1.82) is 0 Å². The van der Waals surface area contributed by atoms with Gasteiger partial charge in [0.25, 0.3) is 0 Å². The Morgan fingerprint density at radius 1 is 1.44 bits per heavy atom. The van der Waals surface area contributed by atoms with Gasteiger partial charge >= 0.3 is 12.0 Å². The van der Waals surface area contributed by atoms with Crippen molar-refractivity contribution in [2.24, 2.45) is 5.41 Å². The fraction of sp³-hybridized carbons (Fsp3) is 0.800. The number of urea groups is 1. The van der Waals surface area contributed by atoms with Crippen LogP contribution in [0.2, 0.25) is 0 Å². The molecule has 2 atom stereocenters. The molecule has 1 rings (SSSR count). The normalized spacial score (nSPS) is 20.7. The number of hydrogen-bond donors (Lipinski definition) is 4. The second-order valence-electron chi connectivity index (χ2n) is 4.69. The van der Waals surface area contributed by atoms with Gasteiger partial charge in [0, 0.05) is 6.54 Å². The van der Waals surface area contributed by atoms with Crippen molar-refractivity contribution in [3.8, 4) is 0 Å². The highest BCUT2D eigenvalue weighted by Crippen LogP contribution is 2.43. The first-order valence-electron chi connectivity index (χ1n) is 5.29. The fourth-order valence-electron chi connectivity index (χ4n) is 1.26. The summed E-state index contributed by atoms with van der Waals surface area (Å²) in [7, 11) is 0. The van der Waals surface area contributed by atoms with Crippen LogP contribution in [0.1, 0.15) is 26.7 Å². The maximum Gasteiger partial charge on any atom is 0.328 e. The van der Waals surface area contributed by atoms with Gasteiger partial charge in [0.2, 0.25) is 0 Å². The van der Waals surface area contributed by atoms with Gasteiger partial charge in [-0.15, -0.1) is 0 Å². The molecular weight excluding hydrogens is 212 g/mol. The predicted octanol–water partition coefficient (Wildman–Crippen LogP) is -0.0803. The summed E-state index contributed by atoms with van der Waals surface area (Å²) in [4.78, 5) is 22.0. The van der Waals surface area contributed by atoms with E-state index in [2.05, 4.69) is 17.6 Å². The topological polar surface area (TPSA) is 98.7 Å². The monoisotopic (exact) mass is 230 g/mol. The Balaban J connectivity index is 2.33. The minimum atomic E-state index is -1.27. The van der Waals surface area contributed by atoms with E-state index < -0.39 is 24.1 Å². The van der Waals surface area contributed by atoms with Crippen molar-refractivity contribution >= 4 is 12.0 Å². The van der Waals surface area contributed by atoms with Crippen LogP contribution >= 0.6 is 0 Å². The highest BCUT2D eigenvalue weighted by atomic mass is 16.4. The highest BCUT2D eigenvalue weighted by Gasteiger charge is 2.37. The molecule has 4 N–H and O–H groups in total. The smallest absolute Gasteiger partial charge is 0.328 e. The lowest BCUT2D eigenvalue weighted by Gasteiger charge is -2.18. The van der Waals surface area contributed by atoms with Crippen molar-refractivity contribution in [3.63, 3.8) is 0 Å². The van der Waals surface area contributed by atoms with E-state index in [4.69, 9.17) is 10.2 Å². The van der Waals surface area contributed by atoms with Crippen molar-refractivity contribution in [2.45, 2.75) is 38.8 Å². The van der Waals surface area contributed by atoms with E-state index in [0.29, 0.717) is 6.54 Å². The molecule has 1 saturated carbocycles. The maximum absolute atomic E-state index is 11.3. The van der Waals surface area contributed by atoms with Crippen molar-refractivity contribution in [3.05, 3.63) is 0 Å². The van der Waals surface area contributed by atoms with E-state index in [9.17, 15) is 9.59 Å². The molecule has 0 aromatic rings. The standard InChI is InChI=1S/C10H18N2O4/c1-6(13)7(8(14)15)12-9(16)11-5-10(2)3-4-10/h6-7,13H,3-5H2,1-2H3,(H,14,15)(H2,11,12,16)/t6-,7+/m1/s1. The molecule has 0 aliphatic heterocycles. The summed E-state index contributed by atoms with van der Waals surface area (Å²) in [6.45, 7) is 3.91. The molecule has 6 heteroatoms. The van der Waals surface area contributed by atoms with E-state index in [1.54, 1.807) is 0 Å². The van der Waals surface area contributed by atoms with Gasteiger partial charge in [-0.3, -0.25) is 0 Å². The van der Waals surface area contributed by atoms with Crippen LogP contribution in [0.5, 0.6) is 0 Å². The van der Waals surface area contributed by atoms with E-state index >= 15 is 0 Å². The molecular formula is C10H18N2O4. The Bertz CT molecular complexity index is 287. The number of carbonyl (C=O) groups excluding carboxylic acids is 1. The minimum absolute atomic E-state index is 0.168. The van der Waals surface area contributed by atoms with Gasteiger partial charge in [-0.1, -0.05) is 6.92 Å². The van der Waals surface area contributed by atoms with Gasteiger partial charge in [0.05, 0.1) is 6.10 Å². The van der Waals surface area contributed by atoms with Crippen molar-refractivity contribution < 1.29 is 19.8 Å². The van der Waals surface area contributed by atoms with E-state index in [1.807, 2.05) is 0 Å². The summed E-state index contributed by atoms with van der Waals surface area (Å²) in [5.74, 6) is -1.25. The Morgan fingerprint density at radius 3 is 2.38 bits per heavy atom. The molecule has 6 nitrogen and oxygen atoms in total. The van der Waals surface area contributed by atoms with Crippen LogP contribution in [0.15, 0.2) is 0 Å². The maximum atomic E-state index is 11.3. The summed E-state index contributed by atoms with van der Waals surface area (Å²) >= 11 is 0. The molecule has 0 aromatic heterocycles. The third kappa shape index (κ3) is 3.69. The lowest BCUT2D eigenvalue weighted by Crippen LogP contribution is -2.51. The average Bonchev–Trinajstić information content (AvgIpc) is 2.89. The molecule has 0 unspecified atom stereocenters. The number of rotatable bonds is 5. The van der Waals surface area contributed by atoms with Crippen LogP contribution in [0.4, 0.5) is 4.79 Å². The quantitative estimate of drug-likeness (QED) is 0.531. The minimum Gasteiger partial charge on any atom is -0.480 e. The first-order chi connectivity index (χ1) is 7.34. The van der Waals surface area contributed by atoms with Crippen molar-refractivity contribution in [2.75, 3.05) is 6.54 Å². The molecule has 2 amide bonds. The first-order valence-corrected chi connectivity index (χ1v) is 5.29. The number of carbonyl (C=O) groups is 2. The third-order valence-electron chi connectivity index (χ3n) is 2.81. The number of hydrogen-bond acceptors (Lipinski definition) is 3. The van der Waals surface area contributed by atoms with Gasteiger partial charge in [-0.05, 0) is 25.2 Å². The number of aliphatic hydroxyl groups is 1. The molecule has 0 heterocycles. The van der Waals surface area contributed by atoms with Crippen LogP contribution in [0.3, 0.4) is 0 Å². The van der Waals surface area contributed by atoms with Gasteiger partial charge in [-0.2, -0.15) is 0 Å². The Morgan fingerprint density at radius 2 is 2.00 bits per heavy atom. The first kappa shape index (κ1) is 12.8. The van der Waals surface area contributed by atoms with Crippen LogP contribution in [-0.4, -0.2) is 40.9 Å². The Labute approximate surface area is 94.0 Å².